The molecule has 0 radical (unpaired) electrons. The van der Waals surface area contributed by atoms with E-state index in [4.69, 9.17) is 0 Å². The van der Waals surface area contributed by atoms with Crippen molar-refractivity contribution in [3.8, 4) is 0 Å². The Balaban J connectivity index is 2.27. The number of aromatic amines is 1. The summed E-state index contributed by atoms with van der Waals surface area (Å²) in [6.07, 6.45) is 0. The molecule has 1 amide bonds. The second-order valence-corrected chi connectivity index (χ2v) is 4.64. The van der Waals surface area contributed by atoms with Crippen molar-refractivity contribution in [1.82, 2.24) is 10.2 Å². The van der Waals surface area contributed by atoms with E-state index < -0.39 is 0 Å². The van der Waals surface area contributed by atoms with Crippen molar-refractivity contribution in [3.63, 3.8) is 0 Å². The predicted octanol–water partition coefficient (Wildman–Crippen LogP) is 2.90. The molecule has 0 saturated carbocycles. The van der Waals surface area contributed by atoms with Gasteiger partial charge in [0.15, 0.2) is 0 Å². The van der Waals surface area contributed by atoms with Crippen LogP contribution in [0.5, 0.6) is 0 Å². The molecule has 18 heavy (non-hydrogen) atoms. The van der Waals surface area contributed by atoms with Crippen molar-refractivity contribution in [1.29, 1.82) is 0 Å². The summed E-state index contributed by atoms with van der Waals surface area (Å²) in [5, 5.41) is 9.75. The molecule has 0 aliphatic rings. The minimum absolute atomic E-state index is 0.122. The van der Waals surface area contributed by atoms with Crippen molar-refractivity contribution in [2.45, 2.75) is 27.7 Å². The molecule has 0 saturated heterocycles. The van der Waals surface area contributed by atoms with Crippen molar-refractivity contribution in [2.24, 2.45) is 0 Å². The number of carbonyl (C=O) groups excluding carboxylic acids is 1. The Morgan fingerprint density at radius 1 is 1.11 bits per heavy atom. The van der Waals surface area contributed by atoms with E-state index in [2.05, 4.69) is 21.6 Å². The van der Waals surface area contributed by atoms with Gasteiger partial charge in [-0.3, -0.25) is 9.89 Å². The van der Waals surface area contributed by atoms with Crippen LogP contribution in [0, 0.1) is 27.7 Å². The number of H-pyrrole nitrogens is 1. The third-order valence-electron chi connectivity index (χ3n) is 2.83. The normalized spacial score (nSPS) is 10.4. The summed E-state index contributed by atoms with van der Waals surface area (Å²) in [6, 6.07) is 5.98. The Hall–Kier alpha value is -2.10. The predicted molar refractivity (Wildman–Crippen MR) is 71.9 cm³/mol. The topological polar surface area (TPSA) is 57.8 Å². The van der Waals surface area contributed by atoms with E-state index in [1.165, 1.54) is 0 Å². The van der Waals surface area contributed by atoms with Gasteiger partial charge in [-0.15, -0.1) is 0 Å². The van der Waals surface area contributed by atoms with Crippen LogP contribution in [-0.4, -0.2) is 16.1 Å². The quantitative estimate of drug-likeness (QED) is 0.852. The van der Waals surface area contributed by atoms with Crippen molar-refractivity contribution in [3.05, 3.63) is 46.3 Å². The smallest absolute Gasteiger partial charge is 0.259 e. The molecule has 94 valence electrons. The summed E-state index contributed by atoms with van der Waals surface area (Å²) in [4.78, 5) is 12.2. The Kier molecular flexibility index (Phi) is 3.19. The van der Waals surface area contributed by atoms with Gasteiger partial charge in [-0.05, 0) is 51.0 Å². The zero-order valence-electron chi connectivity index (χ0n) is 11.1. The van der Waals surface area contributed by atoms with Gasteiger partial charge >= 0.3 is 0 Å². The van der Waals surface area contributed by atoms with E-state index in [1.54, 1.807) is 0 Å². The molecule has 4 heteroatoms. The van der Waals surface area contributed by atoms with Crippen LogP contribution in [0.25, 0.3) is 0 Å². The molecule has 0 aliphatic carbocycles. The highest BCUT2D eigenvalue weighted by Crippen LogP contribution is 2.16. The number of amides is 1. The second kappa shape index (κ2) is 4.64. The molecule has 0 fully saturated rings. The molecule has 4 nitrogen and oxygen atoms in total. The molecular formula is C14H17N3O. The van der Waals surface area contributed by atoms with Crippen molar-refractivity contribution >= 4 is 11.6 Å². The first-order chi connectivity index (χ1) is 8.47. The zero-order valence-corrected chi connectivity index (χ0v) is 11.1. The zero-order chi connectivity index (χ0) is 13.3. The lowest BCUT2D eigenvalue weighted by molar-refractivity contribution is 0.102. The molecule has 0 aliphatic heterocycles. The van der Waals surface area contributed by atoms with Crippen LogP contribution in [-0.2, 0) is 0 Å². The summed E-state index contributed by atoms with van der Waals surface area (Å²) >= 11 is 0. The van der Waals surface area contributed by atoms with E-state index in [9.17, 15) is 4.79 Å². The fourth-order valence-electron chi connectivity index (χ4n) is 2.13. The fraction of sp³-hybridized carbons (Fsp3) is 0.286. The molecule has 0 spiro atoms. The monoisotopic (exact) mass is 243 g/mol. The molecule has 2 rings (SSSR count). The molecule has 2 N–H and O–H groups in total. The number of rotatable bonds is 2. The van der Waals surface area contributed by atoms with Crippen molar-refractivity contribution in [2.75, 3.05) is 5.32 Å². The van der Waals surface area contributed by atoms with E-state index in [0.29, 0.717) is 5.56 Å². The van der Waals surface area contributed by atoms with E-state index in [0.717, 1.165) is 28.2 Å². The summed E-state index contributed by atoms with van der Waals surface area (Å²) in [5.74, 6) is -0.122. The first-order valence-corrected chi connectivity index (χ1v) is 5.88. The highest BCUT2D eigenvalue weighted by molar-refractivity contribution is 6.05. The highest BCUT2D eigenvalue weighted by Gasteiger charge is 2.15. The lowest BCUT2D eigenvalue weighted by Crippen LogP contribution is -2.13. The van der Waals surface area contributed by atoms with Gasteiger partial charge in [-0.1, -0.05) is 6.07 Å². The van der Waals surface area contributed by atoms with Gasteiger partial charge in [0.25, 0.3) is 5.91 Å². The van der Waals surface area contributed by atoms with Gasteiger partial charge in [0.2, 0.25) is 0 Å². The number of anilines is 1. The highest BCUT2D eigenvalue weighted by atomic mass is 16.1. The molecule has 1 aromatic heterocycles. The van der Waals surface area contributed by atoms with Gasteiger partial charge in [-0.2, -0.15) is 5.10 Å². The number of aryl methyl sites for hydroxylation is 4. The maximum atomic E-state index is 12.2. The van der Waals surface area contributed by atoms with E-state index >= 15 is 0 Å². The number of nitrogens with one attached hydrogen (secondary N) is 2. The van der Waals surface area contributed by atoms with Crippen LogP contribution in [0.4, 0.5) is 5.69 Å². The number of aromatic nitrogens is 2. The summed E-state index contributed by atoms with van der Waals surface area (Å²) < 4.78 is 0. The lowest BCUT2D eigenvalue weighted by Gasteiger charge is -2.07. The molecule has 2 aromatic rings. The number of hydrogen-bond donors (Lipinski definition) is 2. The van der Waals surface area contributed by atoms with Gasteiger partial charge < -0.3 is 5.32 Å². The summed E-state index contributed by atoms with van der Waals surface area (Å²) in [6.45, 7) is 7.68. The third kappa shape index (κ3) is 2.42. The molecule has 0 unspecified atom stereocenters. The minimum atomic E-state index is -0.122. The Morgan fingerprint density at radius 3 is 2.22 bits per heavy atom. The summed E-state index contributed by atoms with van der Waals surface area (Å²) in [7, 11) is 0. The van der Waals surface area contributed by atoms with Gasteiger partial charge in [-0.25, -0.2) is 0 Å². The standard InChI is InChI=1S/C14H17N3O/c1-8-5-9(2)7-12(6-8)15-14(18)13-10(3)16-17-11(13)4/h5-7H,1-4H3,(H,15,18)(H,16,17). The van der Waals surface area contributed by atoms with Crippen LogP contribution >= 0.6 is 0 Å². The second-order valence-electron chi connectivity index (χ2n) is 4.64. The van der Waals surface area contributed by atoms with Gasteiger partial charge in [0, 0.05) is 11.4 Å². The van der Waals surface area contributed by atoms with Crippen LogP contribution in [0.1, 0.15) is 32.9 Å². The van der Waals surface area contributed by atoms with Gasteiger partial charge in [0.05, 0.1) is 11.3 Å². The van der Waals surface area contributed by atoms with Crippen LogP contribution in [0.3, 0.4) is 0 Å². The van der Waals surface area contributed by atoms with Crippen LogP contribution < -0.4 is 5.32 Å². The molecule has 1 aromatic carbocycles. The minimum Gasteiger partial charge on any atom is -0.322 e. The molecule has 0 atom stereocenters. The SMILES string of the molecule is Cc1cc(C)cc(NC(=O)c2c(C)n[nH]c2C)c1. The average Bonchev–Trinajstić information content (AvgIpc) is 2.56. The fourth-order valence-corrected chi connectivity index (χ4v) is 2.13. The molecular weight excluding hydrogens is 226 g/mol. The third-order valence-corrected chi connectivity index (χ3v) is 2.83. The Bertz CT molecular complexity index is 559. The van der Waals surface area contributed by atoms with Crippen LogP contribution in [0.2, 0.25) is 0 Å². The van der Waals surface area contributed by atoms with E-state index in [-0.39, 0.29) is 5.91 Å². The van der Waals surface area contributed by atoms with E-state index in [1.807, 2.05) is 39.8 Å². The number of carbonyl (C=O) groups is 1. The van der Waals surface area contributed by atoms with Gasteiger partial charge in [0.1, 0.15) is 0 Å². The molecule has 0 bridgehead atoms. The number of nitrogens with zero attached hydrogens (tertiary/aromatic N) is 1. The first kappa shape index (κ1) is 12.4. The average molecular weight is 243 g/mol. The molecule has 1 heterocycles. The van der Waals surface area contributed by atoms with Crippen molar-refractivity contribution < 1.29 is 4.79 Å². The Morgan fingerprint density at radius 2 is 1.72 bits per heavy atom. The maximum Gasteiger partial charge on any atom is 0.259 e. The van der Waals surface area contributed by atoms with Crippen LogP contribution in [0.15, 0.2) is 18.2 Å². The number of hydrogen-bond acceptors (Lipinski definition) is 2. The first-order valence-electron chi connectivity index (χ1n) is 5.88. The Labute approximate surface area is 106 Å². The maximum absolute atomic E-state index is 12.2. The largest absolute Gasteiger partial charge is 0.322 e. The number of benzene rings is 1. The lowest BCUT2D eigenvalue weighted by atomic mass is 10.1. The summed E-state index contributed by atoms with van der Waals surface area (Å²) in [5.41, 5.74) is 5.20.